The monoisotopic (exact) mass is 462 g/mol. The van der Waals surface area contributed by atoms with E-state index in [-0.39, 0.29) is 36.5 Å². The van der Waals surface area contributed by atoms with E-state index in [9.17, 15) is 28.0 Å². The number of rotatable bonds is 10. The molecule has 7 nitrogen and oxygen atoms in total. The van der Waals surface area contributed by atoms with Crippen molar-refractivity contribution in [3.8, 4) is 5.75 Å². The van der Waals surface area contributed by atoms with Crippen LogP contribution in [0.3, 0.4) is 0 Å². The van der Waals surface area contributed by atoms with Gasteiger partial charge in [-0.15, -0.1) is 0 Å². The molecule has 0 amide bonds. The van der Waals surface area contributed by atoms with Gasteiger partial charge in [0.15, 0.2) is 11.2 Å². The minimum Gasteiger partial charge on any atom is -0.489 e. The molecule has 0 N–H and O–H groups in total. The number of Topliss-reactive ketones (excluding diaryl/α,β-unsaturated/α-hetero) is 1. The molecule has 0 aliphatic rings. The average Bonchev–Trinajstić information content (AvgIpc) is 2.77. The first kappa shape index (κ1) is 25.6. The van der Waals surface area contributed by atoms with E-state index < -0.39 is 47.2 Å². The minimum absolute atomic E-state index is 0.0310. The number of carbonyl (C=O) groups is 4. The summed E-state index contributed by atoms with van der Waals surface area (Å²) in [7, 11) is 0. The van der Waals surface area contributed by atoms with E-state index in [2.05, 4.69) is 4.74 Å². The molecule has 1 unspecified atom stereocenters. The minimum atomic E-state index is -1.98. The summed E-state index contributed by atoms with van der Waals surface area (Å²) in [4.78, 5) is 49.2. The molecule has 0 fully saturated rings. The van der Waals surface area contributed by atoms with Crippen molar-refractivity contribution in [2.45, 2.75) is 40.2 Å². The van der Waals surface area contributed by atoms with Gasteiger partial charge in [0.05, 0.1) is 12.2 Å². The highest BCUT2D eigenvalue weighted by atomic mass is 19.1. The van der Waals surface area contributed by atoms with E-state index in [0.717, 1.165) is 19.1 Å². The molecule has 0 saturated carbocycles. The predicted octanol–water partition coefficient (Wildman–Crippen LogP) is 4.17. The molecule has 0 bridgehead atoms. The molecule has 176 valence electrons. The summed E-state index contributed by atoms with van der Waals surface area (Å²) in [6, 6.07) is 9.08. The highest BCUT2D eigenvalue weighted by Crippen LogP contribution is 2.32. The first-order valence-electron chi connectivity index (χ1n) is 10.2. The maximum Gasteiger partial charge on any atom is 0.331 e. The Morgan fingerprint density at radius 3 is 2.03 bits per heavy atom. The lowest BCUT2D eigenvalue weighted by Crippen LogP contribution is -2.44. The van der Waals surface area contributed by atoms with Crippen LogP contribution in [-0.4, -0.2) is 30.3 Å². The molecular formula is C24H24F2O7. The van der Waals surface area contributed by atoms with E-state index in [1.807, 2.05) is 0 Å². The van der Waals surface area contributed by atoms with Crippen molar-refractivity contribution in [1.82, 2.24) is 0 Å². The molecule has 0 aliphatic carbocycles. The standard InChI is InChI=1S/C24H24F2O7/c1-4-24(22(29)31-5-2,23(30)33-15(3)27)13-21(28)16-9-11-17(12-10-16)32-14-18-19(25)7-6-8-20(18)26/h6-12H,4-5,13-14H2,1-3H3. The van der Waals surface area contributed by atoms with Crippen molar-refractivity contribution >= 4 is 23.7 Å². The number of ketones is 1. The number of hydrogen-bond acceptors (Lipinski definition) is 7. The summed E-state index contributed by atoms with van der Waals surface area (Å²) in [5.41, 5.74) is -2.06. The SMILES string of the molecule is CCOC(=O)C(CC)(CC(=O)c1ccc(OCc2c(F)cccc2F)cc1)C(=O)OC(C)=O. The van der Waals surface area contributed by atoms with Gasteiger partial charge < -0.3 is 14.2 Å². The number of hydrogen-bond donors (Lipinski definition) is 0. The van der Waals surface area contributed by atoms with Crippen molar-refractivity contribution in [2.75, 3.05) is 6.61 Å². The zero-order valence-corrected chi connectivity index (χ0v) is 18.5. The topological polar surface area (TPSA) is 96.0 Å². The third-order valence-electron chi connectivity index (χ3n) is 4.98. The van der Waals surface area contributed by atoms with Gasteiger partial charge in [0.2, 0.25) is 0 Å². The Morgan fingerprint density at radius 1 is 0.909 bits per heavy atom. The van der Waals surface area contributed by atoms with Crippen LogP contribution in [0.25, 0.3) is 0 Å². The molecule has 2 aromatic rings. The number of ether oxygens (including phenoxy) is 3. The molecule has 9 heteroatoms. The van der Waals surface area contributed by atoms with Crippen molar-refractivity contribution in [3.05, 3.63) is 65.2 Å². The quantitative estimate of drug-likeness (QED) is 0.297. The maximum atomic E-state index is 13.7. The van der Waals surface area contributed by atoms with Gasteiger partial charge in [0.25, 0.3) is 0 Å². The lowest BCUT2D eigenvalue weighted by Gasteiger charge is -2.26. The molecule has 2 rings (SSSR count). The van der Waals surface area contributed by atoms with Crippen molar-refractivity contribution in [1.29, 1.82) is 0 Å². The molecule has 0 aliphatic heterocycles. The molecule has 1 atom stereocenters. The molecule has 0 spiro atoms. The predicted molar refractivity (Wildman–Crippen MR) is 112 cm³/mol. The van der Waals surface area contributed by atoms with Gasteiger partial charge in [-0.1, -0.05) is 13.0 Å². The van der Waals surface area contributed by atoms with Crippen LogP contribution < -0.4 is 4.74 Å². The van der Waals surface area contributed by atoms with Crippen LogP contribution in [0.5, 0.6) is 5.75 Å². The van der Waals surface area contributed by atoms with Gasteiger partial charge >= 0.3 is 17.9 Å². The Bertz CT molecular complexity index is 1010. The lowest BCUT2D eigenvalue weighted by molar-refractivity contribution is -0.176. The van der Waals surface area contributed by atoms with Gasteiger partial charge in [0, 0.05) is 18.9 Å². The summed E-state index contributed by atoms with van der Waals surface area (Å²) in [6.07, 6.45) is -0.700. The summed E-state index contributed by atoms with van der Waals surface area (Å²) >= 11 is 0. The van der Waals surface area contributed by atoms with Crippen molar-refractivity contribution in [2.24, 2.45) is 5.41 Å². The smallest absolute Gasteiger partial charge is 0.331 e. The van der Waals surface area contributed by atoms with Crippen LogP contribution in [0.1, 0.15) is 49.5 Å². The number of benzene rings is 2. The number of carbonyl (C=O) groups excluding carboxylic acids is 4. The van der Waals surface area contributed by atoms with E-state index >= 15 is 0 Å². The van der Waals surface area contributed by atoms with Gasteiger partial charge in [-0.25, -0.2) is 8.78 Å². The Morgan fingerprint density at radius 2 is 1.52 bits per heavy atom. The van der Waals surface area contributed by atoms with Crippen LogP contribution >= 0.6 is 0 Å². The second-order valence-electron chi connectivity index (χ2n) is 7.15. The van der Waals surface area contributed by atoms with E-state index in [1.54, 1.807) is 6.92 Å². The Kier molecular flexibility index (Phi) is 8.78. The van der Waals surface area contributed by atoms with Gasteiger partial charge in [0.1, 0.15) is 24.0 Å². The maximum absolute atomic E-state index is 13.7. The zero-order valence-electron chi connectivity index (χ0n) is 18.5. The van der Waals surface area contributed by atoms with Crippen LogP contribution in [0.2, 0.25) is 0 Å². The van der Waals surface area contributed by atoms with Crippen LogP contribution in [0.4, 0.5) is 8.78 Å². The van der Waals surface area contributed by atoms with Crippen LogP contribution in [0.15, 0.2) is 42.5 Å². The molecular weight excluding hydrogens is 438 g/mol. The van der Waals surface area contributed by atoms with E-state index in [1.165, 1.54) is 37.3 Å². The second-order valence-corrected chi connectivity index (χ2v) is 7.15. The zero-order chi connectivity index (χ0) is 24.6. The normalized spacial score (nSPS) is 12.4. The Labute approximate surface area is 189 Å². The highest BCUT2D eigenvalue weighted by molar-refractivity contribution is 6.09. The third-order valence-corrected chi connectivity index (χ3v) is 4.98. The number of halogens is 2. The van der Waals surface area contributed by atoms with Crippen LogP contribution in [-0.2, 0) is 30.5 Å². The second kappa shape index (κ2) is 11.3. The van der Waals surface area contributed by atoms with Crippen LogP contribution in [0, 0.1) is 17.0 Å². The first-order chi connectivity index (χ1) is 15.6. The van der Waals surface area contributed by atoms with Gasteiger partial charge in [-0.2, -0.15) is 0 Å². The fourth-order valence-electron chi connectivity index (χ4n) is 3.08. The Hall–Kier alpha value is -3.62. The average molecular weight is 462 g/mol. The summed E-state index contributed by atoms with van der Waals surface area (Å²) in [5, 5.41) is 0. The Balaban J connectivity index is 2.18. The van der Waals surface area contributed by atoms with E-state index in [4.69, 9.17) is 9.47 Å². The summed E-state index contributed by atoms with van der Waals surface area (Å²) in [5.74, 6) is -4.84. The first-order valence-corrected chi connectivity index (χ1v) is 10.2. The molecule has 0 aromatic heterocycles. The van der Waals surface area contributed by atoms with Gasteiger partial charge in [-0.05, 0) is 49.7 Å². The molecule has 0 heterocycles. The van der Waals surface area contributed by atoms with E-state index in [0.29, 0.717) is 0 Å². The molecule has 2 aromatic carbocycles. The number of esters is 3. The fraction of sp³-hybridized carbons (Fsp3) is 0.333. The molecule has 33 heavy (non-hydrogen) atoms. The fourth-order valence-corrected chi connectivity index (χ4v) is 3.08. The highest BCUT2D eigenvalue weighted by Gasteiger charge is 2.49. The lowest BCUT2D eigenvalue weighted by atomic mass is 9.79. The largest absolute Gasteiger partial charge is 0.489 e. The molecule has 0 radical (unpaired) electrons. The van der Waals surface area contributed by atoms with Crippen molar-refractivity contribution < 1.29 is 42.2 Å². The third kappa shape index (κ3) is 6.21. The molecule has 0 saturated heterocycles. The van der Waals surface area contributed by atoms with Crippen molar-refractivity contribution in [3.63, 3.8) is 0 Å². The van der Waals surface area contributed by atoms with Gasteiger partial charge in [-0.3, -0.25) is 19.2 Å². The summed E-state index contributed by atoms with van der Waals surface area (Å²) < 4.78 is 42.4. The summed E-state index contributed by atoms with van der Waals surface area (Å²) in [6.45, 7) is 3.67.